The van der Waals surface area contributed by atoms with E-state index in [2.05, 4.69) is 55.6 Å². The molecule has 0 saturated carbocycles. The molecular weight excluding hydrogens is 975 g/mol. The molecule has 0 spiro atoms. The first-order valence-electron chi connectivity index (χ1n) is 28.4. The quantitative estimate of drug-likeness (QED) is 0.0306. The number of carbonyl (C=O) groups is 1. The molecule has 17 unspecified atom stereocenters. The lowest BCUT2D eigenvalue weighted by Crippen LogP contribution is -2.66. The van der Waals surface area contributed by atoms with E-state index in [9.17, 15) is 61.0 Å². The maximum Gasteiger partial charge on any atom is 0.220 e. The summed E-state index contributed by atoms with van der Waals surface area (Å²) in [4.78, 5) is 13.3. The van der Waals surface area contributed by atoms with Gasteiger partial charge in [0.1, 0.15) is 73.2 Å². The number of aliphatic hydroxyl groups is 11. The molecule has 0 aliphatic carbocycles. The minimum Gasteiger partial charge on any atom is -0.394 e. The Morgan fingerprint density at radius 1 is 0.467 bits per heavy atom. The minimum absolute atomic E-state index is 0.220. The first kappa shape index (κ1) is 67.0. The Bertz CT molecular complexity index is 1570. The second kappa shape index (κ2) is 40.0. The number of rotatable bonds is 40. The second-order valence-corrected chi connectivity index (χ2v) is 20.4. The Labute approximate surface area is 446 Å². The molecule has 436 valence electrons. The van der Waals surface area contributed by atoms with Crippen LogP contribution in [0, 0.1) is 0 Å². The normalized spacial score (nSPS) is 31.6. The molecule has 19 nitrogen and oxygen atoms in total. The van der Waals surface area contributed by atoms with Crippen LogP contribution in [0.1, 0.15) is 168 Å². The van der Waals surface area contributed by atoms with Crippen molar-refractivity contribution in [2.24, 2.45) is 0 Å². The number of nitrogens with one attached hydrogen (secondary N) is 1. The van der Waals surface area contributed by atoms with Crippen LogP contribution in [0.5, 0.6) is 0 Å². The van der Waals surface area contributed by atoms with Gasteiger partial charge in [0.05, 0.1) is 38.6 Å². The summed E-state index contributed by atoms with van der Waals surface area (Å²) in [6.45, 7) is 1.63. The summed E-state index contributed by atoms with van der Waals surface area (Å²) in [5, 5.41) is 120. The predicted octanol–water partition coefficient (Wildman–Crippen LogP) is 3.92. The molecule has 75 heavy (non-hydrogen) atoms. The zero-order valence-electron chi connectivity index (χ0n) is 45.0. The van der Waals surface area contributed by atoms with E-state index in [0.717, 1.165) is 64.2 Å². The van der Waals surface area contributed by atoms with E-state index in [-0.39, 0.29) is 18.9 Å². The van der Waals surface area contributed by atoms with Gasteiger partial charge in [0.25, 0.3) is 0 Å². The molecular formula is C56H99NO18. The lowest BCUT2D eigenvalue weighted by Gasteiger charge is -2.48. The van der Waals surface area contributed by atoms with E-state index in [1.54, 1.807) is 6.08 Å². The molecule has 3 rings (SSSR count). The van der Waals surface area contributed by atoms with Crippen LogP contribution in [0.25, 0.3) is 0 Å². The van der Waals surface area contributed by atoms with Gasteiger partial charge in [-0.3, -0.25) is 4.79 Å². The maximum atomic E-state index is 13.3. The smallest absolute Gasteiger partial charge is 0.220 e. The van der Waals surface area contributed by atoms with Crippen molar-refractivity contribution in [1.82, 2.24) is 5.32 Å². The van der Waals surface area contributed by atoms with Gasteiger partial charge in [-0.2, -0.15) is 0 Å². The van der Waals surface area contributed by atoms with Gasteiger partial charge in [0, 0.05) is 6.42 Å². The maximum absolute atomic E-state index is 13.3. The Kier molecular flexibility index (Phi) is 35.8. The largest absolute Gasteiger partial charge is 0.394 e. The van der Waals surface area contributed by atoms with Crippen molar-refractivity contribution in [3.05, 3.63) is 48.6 Å². The lowest BCUT2D eigenvalue weighted by atomic mass is 9.96. The van der Waals surface area contributed by atoms with E-state index in [0.29, 0.717) is 12.8 Å². The Morgan fingerprint density at radius 3 is 1.35 bits per heavy atom. The highest BCUT2D eigenvalue weighted by molar-refractivity contribution is 5.76. The van der Waals surface area contributed by atoms with Crippen LogP contribution in [0.2, 0.25) is 0 Å². The summed E-state index contributed by atoms with van der Waals surface area (Å²) >= 11 is 0. The number of unbranched alkanes of at least 4 members (excludes halogenated alkanes) is 18. The van der Waals surface area contributed by atoms with Crippen molar-refractivity contribution in [2.75, 3.05) is 26.4 Å². The van der Waals surface area contributed by atoms with Crippen molar-refractivity contribution in [1.29, 1.82) is 0 Å². The number of hydrogen-bond acceptors (Lipinski definition) is 18. The van der Waals surface area contributed by atoms with Gasteiger partial charge in [0.2, 0.25) is 5.91 Å². The Morgan fingerprint density at radius 2 is 0.853 bits per heavy atom. The highest BCUT2D eigenvalue weighted by atomic mass is 16.8. The number of hydrogen-bond donors (Lipinski definition) is 12. The Balaban J connectivity index is 1.55. The van der Waals surface area contributed by atoms with Gasteiger partial charge in [-0.25, -0.2) is 0 Å². The van der Waals surface area contributed by atoms with Crippen LogP contribution < -0.4 is 5.32 Å². The number of aliphatic hydroxyl groups excluding tert-OH is 11. The van der Waals surface area contributed by atoms with Crippen LogP contribution in [-0.2, 0) is 33.2 Å². The lowest BCUT2D eigenvalue weighted by molar-refractivity contribution is -0.379. The van der Waals surface area contributed by atoms with Crippen LogP contribution >= 0.6 is 0 Å². The summed E-state index contributed by atoms with van der Waals surface area (Å²) in [5.74, 6) is -0.302. The molecule has 0 aromatic heterocycles. The van der Waals surface area contributed by atoms with Crippen LogP contribution in [0.3, 0.4) is 0 Å². The van der Waals surface area contributed by atoms with Gasteiger partial charge in [-0.05, 0) is 70.6 Å². The summed E-state index contributed by atoms with van der Waals surface area (Å²) < 4.78 is 34.1. The van der Waals surface area contributed by atoms with Crippen LogP contribution in [0.4, 0.5) is 0 Å². The third kappa shape index (κ3) is 24.8. The number of ether oxygens (including phenoxy) is 6. The summed E-state index contributed by atoms with van der Waals surface area (Å²) in [5.41, 5.74) is 0. The Hall–Kier alpha value is -2.25. The summed E-state index contributed by atoms with van der Waals surface area (Å²) in [6.07, 6.45) is 15.3. The van der Waals surface area contributed by atoms with Gasteiger partial charge in [-0.15, -0.1) is 0 Å². The average molecular weight is 1070 g/mol. The molecule has 1 amide bonds. The third-order valence-corrected chi connectivity index (χ3v) is 14.1. The fraction of sp³-hybridized carbons (Fsp3) is 0.839. The first-order valence-corrected chi connectivity index (χ1v) is 28.4. The number of carbonyl (C=O) groups excluding carboxylic acids is 1. The van der Waals surface area contributed by atoms with Crippen molar-refractivity contribution in [2.45, 2.75) is 272 Å². The molecule has 3 heterocycles. The first-order chi connectivity index (χ1) is 36.3. The molecule has 19 heteroatoms. The van der Waals surface area contributed by atoms with Crippen LogP contribution in [0.15, 0.2) is 48.6 Å². The predicted molar refractivity (Wildman–Crippen MR) is 282 cm³/mol. The van der Waals surface area contributed by atoms with Gasteiger partial charge in [0.15, 0.2) is 18.9 Å². The van der Waals surface area contributed by atoms with E-state index in [4.69, 9.17) is 28.4 Å². The van der Waals surface area contributed by atoms with E-state index >= 15 is 0 Å². The number of amides is 1. The SMILES string of the molecule is CCCCCC/C=C\CCCCCCCC(=O)NC(COC1OC(CO)C(OC2OC(CO)C(OC3OC(CO)C(O)C(O)C3O)C(O)C2O)C(O)C1O)C(O)/C=C/CC/C=C/CC/C=C/CCCCCCCCC. The number of allylic oxidation sites excluding steroid dienone is 7. The average Bonchev–Trinajstić information content (AvgIpc) is 3.41. The van der Waals surface area contributed by atoms with Gasteiger partial charge >= 0.3 is 0 Å². The topological polar surface area (TPSA) is 307 Å². The highest BCUT2D eigenvalue weighted by Gasteiger charge is 2.53. The minimum atomic E-state index is -1.98. The third-order valence-electron chi connectivity index (χ3n) is 14.1. The molecule has 3 aliphatic heterocycles. The van der Waals surface area contributed by atoms with E-state index in [1.165, 1.54) is 70.6 Å². The standard InChI is InChI=1S/C56H99NO18/c1-3-5-7-9-11-13-15-17-18-19-20-22-23-25-27-29-31-33-40(61)39(57-44(62)34-32-30-28-26-24-21-16-14-12-10-8-6-4-2)38-70-54-50(68)47(65)52(42(36-59)72-54)75-56-51(69)48(66)53(43(37-60)73-56)74-55-49(67)46(64)45(63)41(35-58)71-55/h14,16,18-19,23,25,31,33,39-43,45-56,58-61,63-69H,3-13,15,17,20-22,24,26-30,32,34-38H2,1-2H3,(H,57,62)/b16-14-,19-18+,25-23+,33-31+. The highest BCUT2D eigenvalue weighted by Crippen LogP contribution is 2.33. The zero-order chi connectivity index (χ0) is 54.8. The molecule has 3 saturated heterocycles. The van der Waals surface area contributed by atoms with E-state index < -0.39 is 124 Å². The molecule has 0 aromatic carbocycles. The summed E-state index contributed by atoms with van der Waals surface area (Å²) in [6, 6.07) is -0.999. The molecule has 12 N–H and O–H groups in total. The van der Waals surface area contributed by atoms with Crippen LogP contribution in [-0.4, -0.2) is 193 Å². The zero-order valence-corrected chi connectivity index (χ0v) is 45.0. The van der Waals surface area contributed by atoms with Gasteiger partial charge < -0.3 is 89.9 Å². The fourth-order valence-electron chi connectivity index (χ4n) is 9.33. The molecule has 3 aliphatic rings. The van der Waals surface area contributed by atoms with Crippen molar-refractivity contribution in [3.63, 3.8) is 0 Å². The van der Waals surface area contributed by atoms with Crippen molar-refractivity contribution < 1.29 is 89.4 Å². The fourth-order valence-corrected chi connectivity index (χ4v) is 9.33. The molecule has 17 atom stereocenters. The molecule has 0 radical (unpaired) electrons. The molecule has 0 aromatic rings. The van der Waals surface area contributed by atoms with Crippen molar-refractivity contribution >= 4 is 5.91 Å². The summed E-state index contributed by atoms with van der Waals surface area (Å²) in [7, 11) is 0. The van der Waals surface area contributed by atoms with Gasteiger partial charge in [-0.1, -0.05) is 140 Å². The molecule has 0 bridgehead atoms. The monoisotopic (exact) mass is 1070 g/mol. The second-order valence-electron chi connectivity index (χ2n) is 20.4. The van der Waals surface area contributed by atoms with Crippen molar-refractivity contribution in [3.8, 4) is 0 Å². The molecule has 3 fully saturated rings. The van der Waals surface area contributed by atoms with E-state index in [1.807, 2.05) is 6.08 Å².